The minimum Gasteiger partial charge on any atom is -0.508 e. The van der Waals surface area contributed by atoms with Gasteiger partial charge in [0, 0.05) is 11.6 Å². The third-order valence-electron chi connectivity index (χ3n) is 4.59. The largest absolute Gasteiger partial charge is 0.508 e. The van der Waals surface area contributed by atoms with E-state index in [1.54, 1.807) is 42.1 Å². The van der Waals surface area contributed by atoms with E-state index in [2.05, 4.69) is 4.98 Å². The van der Waals surface area contributed by atoms with E-state index in [0.717, 1.165) is 27.8 Å². The van der Waals surface area contributed by atoms with Gasteiger partial charge in [0.1, 0.15) is 11.5 Å². The maximum atomic E-state index is 13.1. The van der Waals surface area contributed by atoms with Crippen molar-refractivity contribution in [3.8, 4) is 11.5 Å². The van der Waals surface area contributed by atoms with Crippen LogP contribution in [0.15, 0.2) is 59.5 Å². The molecule has 0 saturated heterocycles. The highest BCUT2D eigenvalue weighted by molar-refractivity contribution is 6.04. The third-order valence-corrected chi connectivity index (χ3v) is 4.59. The average molecular weight is 346 g/mol. The molecule has 0 aliphatic rings. The van der Waals surface area contributed by atoms with E-state index >= 15 is 0 Å². The number of nitrogens with zero attached hydrogens (tertiary/aromatic N) is 2. The molecule has 0 spiro atoms. The summed E-state index contributed by atoms with van der Waals surface area (Å²) in [5.74, 6) is 0.936. The highest BCUT2D eigenvalue weighted by Gasteiger charge is 2.14. The molecule has 1 N–H and O–H groups in total. The molecule has 0 aliphatic heterocycles. The van der Waals surface area contributed by atoms with Gasteiger partial charge in [0.05, 0.1) is 30.1 Å². The Labute approximate surface area is 150 Å². The number of methoxy groups -OCH3 is 1. The van der Waals surface area contributed by atoms with Gasteiger partial charge in [-0.1, -0.05) is 12.1 Å². The molecule has 0 aliphatic carbocycles. The number of hydrogen-bond donors (Lipinski definition) is 1. The van der Waals surface area contributed by atoms with Crippen LogP contribution in [0.2, 0.25) is 0 Å². The smallest absolute Gasteiger partial charge is 0.260 e. The summed E-state index contributed by atoms with van der Waals surface area (Å²) in [6.07, 6.45) is 1.66. The Hall–Kier alpha value is -3.34. The second-order valence-corrected chi connectivity index (χ2v) is 6.30. The lowest BCUT2D eigenvalue weighted by molar-refractivity contribution is 0.414. The van der Waals surface area contributed by atoms with Gasteiger partial charge < -0.3 is 14.4 Å². The molecule has 26 heavy (non-hydrogen) atoms. The molecule has 0 fully saturated rings. The number of aromatic hydroxyl groups is 1. The zero-order chi connectivity index (χ0) is 18.3. The molecule has 4 rings (SSSR count). The topological polar surface area (TPSA) is 64.4 Å². The highest BCUT2D eigenvalue weighted by atomic mass is 16.5. The lowest BCUT2D eigenvalue weighted by Crippen LogP contribution is -2.22. The third kappa shape index (κ3) is 2.58. The molecule has 130 valence electrons. The van der Waals surface area contributed by atoms with Gasteiger partial charge in [0.2, 0.25) is 0 Å². The summed E-state index contributed by atoms with van der Waals surface area (Å²) in [4.78, 5) is 17.5. The highest BCUT2D eigenvalue weighted by Crippen LogP contribution is 2.28. The molecule has 0 saturated carbocycles. The number of aryl methyl sites for hydroxylation is 1. The maximum Gasteiger partial charge on any atom is 0.260 e. The standard InChI is InChI=1S/C21H18N2O3/c1-13-10-15(24)11-18-19-17(4-3-9-22-19)21(25)23(20(13)18)12-14-5-7-16(26-2)8-6-14/h3-11,24H,12H2,1-2H3. The number of phenolic OH excluding ortho intramolecular Hbond substituents is 1. The molecule has 4 aromatic rings. The Morgan fingerprint density at radius 2 is 1.88 bits per heavy atom. The van der Waals surface area contributed by atoms with Gasteiger partial charge in [-0.15, -0.1) is 0 Å². The summed E-state index contributed by atoms with van der Waals surface area (Å²) >= 11 is 0. The van der Waals surface area contributed by atoms with E-state index in [4.69, 9.17) is 4.74 Å². The van der Waals surface area contributed by atoms with E-state index in [1.165, 1.54) is 0 Å². The molecular weight excluding hydrogens is 328 g/mol. The first kappa shape index (κ1) is 16.1. The fourth-order valence-electron chi connectivity index (χ4n) is 3.40. The van der Waals surface area contributed by atoms with Crippen LogP contribution in [-0.4, -0.2) is 21.8 Å². The van der Waals surface area contributed by atoms with Crippen LogP contribution in [0.1, 0.15) is 11.1 Å². The number of aromatic nitrogens is 2. The molecule has 0 unspecified atom stereocenters. The van der Waals surface area contributed by atoms with Crippen LogP contribution in [0.5, 0.6) is 11.5 Å². The van der Waals surface area contributed by atoms with Crippen molar-refractivity contribution in [2.75, 3.05) is 7.11 Å². The monoisotopic (exact) mass is 346 g/mol. The van der Waals surface area contributed by atoms with Gasteiger partial charge in [0.15, 0.2) is 0 Å². The predicted molar refractivity (Wildman–Crippen MR) is 102 cm³/mol. The Balaban J connectivity index is 2.02. The number of rotatable bonds is 3. The zero-order valence-corrected chi connectivity index (χ0v) is 14.6. The first-order valence-electron chi connectivity index (χ1n) is 8.32. The first-order valence-corrected chi connectivity index (χ1v) is 8.32. The number of phenols is 1. The maximum absolute atomic E-state index is 13.1. The lowest BCUT2D eigenvalue weighted by Gasteiger charge is -2.15. The fraction of sp³-hybridized carbons (Fsp3) is 0.143. The van der Waals surface area contributed by atoms with E-state index in [-0.39, 0.29) is 11.3 Å². The Morgan fingerprint density at radius 1 is 1.12 bits per heavy atom. The van der Waals surface area contributed by atoms with Crippen LogP contribution in [0.4, 0.5) is 0 Å². The second-order valence-electron chi connectivity index (χ2n) is 6.30. The predicted octanol–water partition coefficient (Wildman–Crippen LogP) is 3.62. The summed E-state index contributed by atoms with van der Waals surface area (Å²) in [6.45, 7) is 2.32. The lowest BCUT2D eigenvalue weighted by atomic mass is 10.1. The SMILES string of the molecule is COc1ccc(Cn2c(=O)c3cccnc3c3cc(O)cc(C)c32)cc1. The summed E-state index contributed by atoms with van der Waals surface area (Å²) < 4.78 is 6.94. The first-order chi connectivity index (χ1) is 12.6. The van der Waals surface area contributed by atoms with Crippen molar-refractivity contribution in [2.24, 2.45) is 0 Å². The van der Waals surface area contributed by atoms with Crippen LogP contribution in [-0.2, 0) is 6.54 Å². The van der Waals surface area contributed by atoms with Crippen LogP contribution < -0.4 is 10.3 Å². The van der Waals surface area contributed by atoms with Crippen molar-refractivity contribution >= 4 is 21.8 Å². The summed E-state index contributed by atoms with van der Waals surface area (Å²) in [7, 11) is 1.62. The van der Waals surface area contributed by atoms with Crippen LogP contribution in [0.25, 0.3) is 21.8 Å². The van der Waals surface area contributed by atoms with Crippen molar-refractivity contribution in [1.82, 2.24) is 9.55 Å². The van der Waals surface area contributed by atoms with Crippen LogP contribution in [0.3, 0.4) is 0 Å². The molecular formula is C21H18N2O3. The Morgan fingerprint density at radius 3 is 2.62 bits per heavy atom. The van der Waals surface area contributed by atoms with Crippen LogP contribution >= 0.6 is 0 Å². The molecule has 2 aromatic carbocycles. The fourth-order valence-corrected chi connectivity index (χ4v) is 3.40. The van der Waals surface area contributed by atoms with Gasteiger partial charge in [0.25, 0.3) is 5.56 Å². The normalized spacial score (nSPS) is 11.2. The van der Waals surface area contributed by atoms with Crippen LogP contribution in [0, 0.1) is 6.92 Å². The van der Waals surface area contributed by atoms with E-state index in [1.807, 2.05) is 31.2 Å². The Bertz CT molecular complexity index is 1180. The van der Waals surface area contributed by atoms with Crippen molar-refractivity contribution in [2.45, 2.75) is 13.5 Å². The summed E-state index contributed by atoms with van der Waals surface area (Å²) in [5.41, 5.74) is 3.13. The Kier molecular flexibility index (Phi) is 3.84. The summed E-state index contributed by atoms with van der Waals surface area (Å²) in [6, 6.07) is 14.5. The summed E-state index contributed by atoms with van der Waals surface area (Å²) in [5, 5.41) is 11.4. The van der Waals surface area contributed by atoms with Gasteiger partial charge in [-0.25, -0.2) is 0 Å². The van der Waals surface area contributed by atoms with Gasteiger partial charge >= 0.3 is 0 Å². The van der Waals surface area contributed by atoms with Crippen molar-refractivity contribution in [1.29, 1.82) is 0 Å². The van der Waals surface area contributed by atoms with Gasteiger partial charge in [-0.05, 0) is 54.4 Å². The minimum atomic E-state index is -0.0924. The molecule has 2 heterocycles. The minimum absolute atomic E-state index is 0.0924. The molecule has 0 amide bonds. The average Bonchev–Trinajstić information content (AvgIpc) is 2.65. The molecule has 0 bridgehead atoms. The number of ether oxygens (including phenoxy) is 1. The number of benzene rings is 2. The van der Waals surface area contributed by atoms with Crippen molar-refractivity contribution in [3.63, 3.8) is 0 Å². The molecule has 2 aromatic heterocycles. The molecule has 5 heteroatoms. The zero-order valence-electron chi connectivity index (χ0n) is 14.6. The number of fused-ring (bicyclic) bond motifs is 3. The molecule has 0 radical (unpaired) electrons. The van der Waals surface area contributed by atoms with Gasteiger partial charge in [-0.2, -0.15) is 0 Å². The van der Waals surface area contributed by atoms with Crippen molar-refractivity contribution < 1.29 is 9.84 Å². The number of pyridine rings is 2. The number of hydrogen-bond acceptors (Lipinski definition) is 4. The van der Waals surface area contributed by atoms with E-state index in [9.17, 15) is 9.90 Å². The molecule has 5 nitrogen and oxygen atoms in total. The second kappa shape index (κ2) is 6.19. The van der Waals surface area contributed by atoms with Gasteiger partial charge in [-0.3, -0.25) is 9.78 Å². The van der Waals surface area contributed by atoms with E-state index in [0.29, 0.717) is 17.4 Å². The quantitative estimate of drug-likeness (QED) is 0.576. The van der Waals surface area contributed by atoms with Crippen molar-refractivity contribution in [3.05, 3.63) is 76.2 Å². The van der Waals surface area contributed by atoms with E-state index < -0.39 is 0 Å². The molecule has 0 atom stereocenters.